The Balaban J connectivity index is 1.44. The topological polar surface area (TPSA) is 38.9 Å². The molecule has 0 amide bonds. The van der Waals surface area contributed by atoms with Gasteiger partial charge in [0.25, 0.3) is 0 Å². The Morgan fingerprint density at radius 1 is 0.676 bits per heavy atom. The van der Waals surface area contributed by atoms with Crippen LogP contribution < -0.4 is 0 Å². The number of aryl methyl sites for hydroxylation is 1. The molecule has 0 bridgehead atoms. The third kappa shape index (κ3) is 3.97. The van der Waals surface area contributed by atoms with Crippen molar-refractivity contribution >= 4 is 21.9 Å². The summed E-state index contributed by atoms with van der Waals surface area (Å²) in [7, 11) is 0. The van der Waals surface area contributed by atoms with Crippen molar-refractivity contribution in [3.8, 4) is 11.3 Å². The van der Waals surface area contributed by atoms with Gasteiger partial charge in [0.05, 0.1) is 16.8 Å². The normalized spacial score (nSPS) is 11.3. The maximum Gasteiger partial charge on any atom is 0.139 e. The van der Waals surface area contributed by atoms with Crippen molar-refractivity contribution in [2.45, 2.75) is 19.8 Å². The van der Waals surface area contributed by atoms with E-state index in [1.54, 1.807) is 0 Å². The van der Waals surface area contributed by atoms with Gasteiger partial charge in [0, 0.05) is 35.3 Å². The molecule has 0 atom stereocenters. The van der Waals surface area contributed by atoms with E-state index in [9.17, 15) is 0 Å². The second kappa shape index (κ2) is 8.60. The number of rotatable bonds is 5. The molecule has 0 fully saturated rings. The molecule has 0 aliphatic heterocycles. The Morgan fingerprint density at radius 2 is 1.41 bits per heavy atom. The maximum absolute atomic E-state index is 6.24. The summed E-state index contributed by atoms with van der Waals surface area (Å²) in [5.74, 6) is 0. The summed E-state index contributed by atoms with van der Waals surface area (Å²) >= 11 is 0. The van der Waals surface area contributed by atoms with E-state index < -0.39 is 0 Å². The van der Waals surface area contributed by atoms with Crippen LogP contribution in [0.2, 0.25) is 0 Å². The van der Waals surface area contributed by atoms with Crippen LogP contribution in [0.4, 0.5) is 0 Å². The van der Waals surface area contributed by atoms with Crippen molar-refractivity contribution in [3.05, 3.63) is 131 Å². The molecule has 6 rings (SSSR count). The molecule has 0 saturated carbocycles. The molecule has 34 heavy (non-hydrogen) atoms. The van der Waals surface area contributed by atoms with Crippen LogP contribution in [-0.4, -0.2) is 9.97 Å². The minimum absolute atomic E-state index is 0.767. The molecule has 6 aromatic rings. The zero-order chi connectivity index (χ0) is 22.9. The first kappa shape index (κ1) is 20.4. The van der Waals surface area contributed by atoms with Crippen molar-refractivity contribution < 1.29 is 4.42 Å². The van der Waals surface area contributed by atoms with Crippen LogP contribution in [0.1, 0.15) is 28.1 Å². The smallest absolute Gasteiger partial charge is 0.139 e. The minimum atomic E-state index is 0.767. The lowest BCUT2D eigenvalue weighted by Crippen LogP contribution is -1.95. The Hall–Kier alpha value is -4.24. The van der Waals surface area contributed by atoms with Crippen LogP contribution in [-0.2, 0) is 12.8 Å². The Labute approximate surface area is 198 Å². The lowest BCUT2D eigenvalue weighted by atomic mass is 10.0. The number of benzene rings is 3. The fraction of sp³-hybridized carbons (Fsp3) is 0.0968. The van der Waals surface area contributed by atoms with Crippen molar-refractivity contribution in [2.75, 3.05) is 0 Å². The number of hydrogen-bond donors (Lipinski definition) is 0. The first-order valence-electron chi connectivity index (χ1n) is 11.6. The van der Waals surface area contributed by atoms with Gasteiger partial charge in [-0.05, 0) is 60.4 Å². The predicted molar refractivity (Wildman–Crippen MR) is 138 cm³/mol. The van der Waals surface area contributed by atoms with Gasteiger partial charge < -0.3 is 4.42 Å². The van der Waals surface area contributed by atoms with Crippen molar-refractivity contribution in [2.24, 2.45) is 0 Å². The largest absolute Gasteiger partial charge is 0.456 e. The van der Waals surface area contributed by atoms with E-state index in [1.165, 1.54) is 16.7 Å². The van der Waals surface area contributed by atoms with E-state index in [0.717, 1.165) is 57.4 Å². The molecule has 0 unspecified atom stereocenters. The van der Waals surface area contributed by atoms with Crippen LogP contribution in [0.5, 0.6) is 0 Å². The fourth-order valence-corrected chi connectivity index (χ4v) is 4.66. The van der Waals surface area contributed by atoms with E-state index in [-0.39, 0.29) is 0 Å². The summed E-state index contributed by atoms with van der Waals surface area (Å²) in [5, 5.41) is 2.17. The molecule has 3 heteroatoms. The second-order valence-electron chi connectivity index (χ2n) is 8.77. The van der Waals surface area contributed by atoms with Gasteiger partial charge in [-0.3, -0.25) is 9.97 Å². The van der Waals surface area contributed by atoms with Gasteiger partial charge in [-0.25, -0.2) is 0 Å². The van der Waals surface area contributed by atoms with E-state index in [1.807, 2.05) is 31.3 Å². The number of fused-ring (bicyclic) bond motifs is 3. The van der Waals surface area contributed by atoms with E-state index >= 15 is 0 Å². The first-order valence-corrected chi connectivity index (χ1v) is 11.6. The molecule has 0 N–H and O–H groups in total. The first-order chi connectivity index (χ1) is 16.7. The van der Waals surface area contributed by atoms with Crippen LogP contribution in [0.15, 0.2) is 108 Å². The van der Waals surface area contributed by atoms with Gasteiger partial charge in [0.2, 0.25) is 0 Å². The number of furan rings is 1. The Morgan fingerprint density at radius 3 is 2.18 bits per heavy atom. The molecule has 3 heterocycles. The highest BCUT2D eigenvalue weighted by atomic mass is 16.3. The molecule has 0 spiro atoms. The summed E-state index contributed by atoms with van der Waals surface area (Å²) in [6.45, 7) is 2.02. The standard InChI is InChI=1S/C31H24N2O/c1-21-16-30-31(28(33-21)18-23-10-6-3-7-11-23)26-20-25(12-13-29(26)34-30)27-19-24(14-15-32-27)17-22-8-4-2-5-9-22/h2-16,19-20H,17-18H2,1H3. The molecule has 0 saturated heterocycles. The molecule has 0 aliphatic rings. The highest BCUT2D eigenvalue weighted by molar-refractivity contribution is 6.07. The van der Waals surface area contributed by atoms with Gasteiger partial charge in [0.15, 0.2) is 0 Å². The van der Waals surface area contributed by atoms with Crippen molar-refractivity contribution in [1.82, 2.24) is 9.97 Å². The van der Waals surface area contributed by atoms with E-state index in [0.29, 0.717) is 0 Å². The Bertz CT molecular complexity index is 1600. The minimum Gasteiger partial charge on any atom is -0.456 e. The molecule has 0 aliphatic carbocycles. The van der Waals surface area contributed by atoms with Gasteiger partial charge in [-0.1, -0.05) is 60.7 Å². The van der Waals surface area contributed by atoms with Crippen molar-refractivity contribution in [1.29, 1.82) is 0 Å². The number of pyridine rings is 2. The fourth-order valence-electron chi connectivity index (χ4n) is 4.66. The highest BCUT2D eigenvalue weighted by Crippen LogP contribution is 2.35. The molecule has 3 aromatic carbocycles. The molecular weight excluding hydrogens is 416 g/mol. The Kier molecular flexibility index (Phi) is 5.15. The summed E-state index contributed by atoms with van der Waals surface area (Å²) < 4.78 is 6.24. The van der Waals surface area contributed by atoms with Crippen molar-refractivity contribution in [3.63, 3.8) is 0 Å². The number of hydrogen-bond acceptors (Lipinski definition) is 3. The number of nitrogens with zero attached hydrogens (tertiary/aromatic N) is 2. The molecule has 3 nitrogen and oxygen atoms in total. The highest BCUT2D eigenvalue weighted by Gasteiger charge is 2.15. The van der Waals surface area contributed by atoms with Crippen LogP contribution in [0, 0.1) is 6.92 Å². The monoisotopic (exact) mass is 440 g/mol. The molecule has 0 radical (unpaired) electrons. The van der Waals surface area contributed by atoms with Gasteiger partial charge in [-0.15, -0.1) is 0 Å². The molecule has 3 aromatic heterocycles. The SMILES string of the molecule is Cc1cc2oc3ccc(-c4cc(Cc5ccccc5)ccn4)cc3c2c(Cc2ccccc2)n1. The summed E-state index contributed by atoms with van der Waals surface area (Å²) in [6.07, 6.45) is 3.55. The summed E-state index contributed by atoms with van der Waals surface area (Å²) in [4.78, 5) is 9.59. The summed E-state index contributed by atoms with van der Waals surface area (Å²) in [6, 6.07) is 33.7. The van der Waals surface area contributed by atoms with E-state index in [2.05, 4.69) is 83.8 Å². The van der Waals surface area contributed by atoms with Crippen LogP contribution in [0.25, 0.3) is 33.2 Å². The van der Waals surface area contributed by atoms with Gasteiger partial charge >= 0.3 is 0 Å². The third-order valence-electron chi connectivity index (χ3n) is 6.24. The lowest BCUT2D eigenvalue weighted by molar-refractivity contribution is 0.667. The average Bonchev–Trinajstić information content (AvgIpc) is 3.23. The zero-order valence-electron chi connectivity index (χ0n) is 19.0. The predicted octanol–water partition coefficient (Wildman–Crippen LogP) is 7.53. The molecular formula is C31H24N2O. The maximum atomic E-state index is 6.24. The van der Waals surface area contributed by atoms with Crippen LogP contribution >= 0.6 is 0 Å². The average molecular weight is 441 g/mol. The van der Waals surface area contributed by atoms with Gasteiger partial charge in [-0.2, -0.15) is 0 Å². The summed E-state index contributed by atoms with van der Waals surface area (Å²) in [5.41, 5.74) is 9.60. The van der Waals surface area contributed by atoms with Gasteiger partial charge in [0.1, 0.15) is 11.2 Å². The second-order valence-corrected chi connectivity index (χ2v) is 8.77. The lowest BCUT2D eigenvalue weighted by Gasteiger charge is -2.07. The van der Waals surface area contributed by atoms with Crippen LogP contribution in [0.3, 0.4) is 0 Å². The number of aromatic nitrogens is 2. The molecule has 164 valence electrons. The third-order valence-corrected chi connectivity index (χ3v) is 6.24. The quantitative estimate of drug-likeness (QED) is 0.278. The zero-order valence-corrected chi connectivity index (χ0v) is 19.0. The van der Waals surface area contributed by atoms with E-state index in [4.69, 9.17) is 9.40 Å².